The van der Waals surface area contributed by atoms with Gasteiger partial charge < -0.3 is 4.74 Å². The molecule has 17 heavy (non-hydrogen) atoms. The first-order valence-electron chi connectivity index (χ1n) is 6.20. The molecular weight excluding hydrogens is 234 g/mol. The third-order valence-corrected chi connectivity index (χ3v) is 4.13. The van der Waals surface area contributed by atoms with Crippen molar-refractivity contribution >= 4 is 12.4 Å². The second-order valence-corrected chi connectivity index (χ2v) is 4.96. The molecule has 1 heterocycles. The second-order valence-electron chi connectivity index (χ2n) is 4.96. The standard InChI is InChI=1S/C14H19NO.ClH/c1-15-9-8-11-13(16-2)7-6-10-4-3-5-12(15)14(10)11;/h6-7,12H,3-5,8-9H2,1-2H3;1H. The zero-order chi connectivity index (χ0) is 11.1. The smallest absolute Gasteiger partial charge is 0.122 e. The molecule has 0 saturated carbocycles. The maximum absolute atomic E-state index is 5.50. The van der Waals surface area contributed by atoms with E-state index in [9.17, 15) is 0 Å². The zero-order valence-corrected chi connectivity index (χ0v) is 11.3. The predicted octanol–water partition coefficient (Wildman–Crippen LogP) is 2.98. The van der Waals surface area contributed by atoms with E-state index in [2.05, 4.69) is 24.1 Å². The van der Waals surface area contributed by atoms with E-state index >= 15 is 0 Å². The molecular formula is C14H20ClNO. The number of benzene rings is 1. The molecule has 2 nitrogen and oxygen atoms in total. The normalized spacial score (nSPS) is 22.6. The van der Waals surface area contributed by atoms with E-state index < -0.39 is 0 Å². The van der Waals surface area contributed by atoms with Crippen molar-refractivity contribution in [3.8, 4) is 5.75 Å². The van der Waals surface area contributed by atoms with Crippen molar-refractivity contribution in [2.24, 2.45) is 0 Å². The highest BCUT2D eigenvalue weighted by atomic mass is 35.5. The van der Waals surface area contributed by atoms with Crippen molar-refractivity contribution in [3.05, 3.63) is 28.8 Å². The van der Waals surface area contributed by atoms with Gasteiger partial charge in [0.1, 0.15) is 5.75 Å². The number of methoxy groups -OCH3 is 1. The van der Waals surface area contributed by atoms with Gasteiger partial charge in [0.15, 0.2) is 0 Å². The molecule has 3 rings (SSSR count). The fourth-order valence-electron chi connectivity index (χ4n) is 3.29. The summed E-state index contributed by atoms with van der Waals surface area (Å²) in [5.41, 5.74) is 4.61. The third kappa shape index (κ3) is 1.94. The summed E-state index contributed by atoms with van der Waals surface area (Å²) < 4.78 is 5.50. The van der Waals surface area contributed by atoms with Gasteiger partial charge in [0.05, 0.1) is 7.11 Å². The molecule has 0 aromatic heterocycles. The molecule has 2 aliphatic rings. The van der Waals surface area contributed by atoms with Gasteiger partial charge in [-0.25, -0.2) is 0 Å². The average Bonchev–Trinajstić information content (AvgIpc) is 2.34. The van der Waals surface area contributed by atoms with E-state index in [1.54, 1.807) is 18.2 Å². The van der Waals surface area contributed by atoms with E-state index in [0.717, 1.165) is 18.7 Å². The van der Waals surface area contributed by atoms with Crippen LogP contribution in [0.1, 0.15) is 35.6 Å². The Morgan fingerprint density at radius 1 is 1.29 bits per heavy atom. The molecule has 1 atom stereocenters. The molecule has 1 aliphatic heterocycles. The number of nitrogens with zero attached hydrogens (tertiary/aromatic N) is 1. The van der Waals surface area contributed by atoms with E-state index in [4.69, 9.17) is 4.74 Å². The Labute approximate surface area is 109 Å². The van der Waals surface area contributed by atoms with Gasteiger partial charge in [0.2, 0.25) is 0 Å². The Kier molecular flexibility index (Phi) is 3.64. The summed E-state index contributed by atoms with van der Waals surface area (Å²) in [4.78, 5) is 2.50. The Balaban J connectivity index is 0.00000108. The first-order chi connectivity index (χ1) is 7.81. The van der Waals surface area contributed by atoms with Crippen LogP contribution in [-0.4, -0.2) is 25.6 Å². The highest BCUT2D eigenvalue weighted by Gasteiger charge is 2.31. The molecule has 0 fully saturated rings. The number of likely N-dealkylation sites (N-methyl/N-ethyl adjacent to an activating group) is 1. The summed E-state index contributed by atoms with van der Waals surface area (Å²) in [7, 11) is 4.04. The number of hydrogen-bond acceptors (Lipinski definition) is 2. The van der Waals surface area contributed by atoms with Gasteiger partial charge in [0.25, 0.3) is 0 Å². The Hall–Kier alpha value is -0.730. The predicted molar refractivity (Wildman–Crippen MR) is 72.3 cm³/mol. The maximum Gasteiger partial charge on any atom is 0.122 e. The average molecular weight is 254 g/mol. The number of aryl methyl sites for hydroxylation is 1. The fourth-order valence-corrected chi connectivity index (χ4v) is 3.29. The van der Waals surface area contributed by atoms with Crippen LogP contribution in [-0.2, 0) is 12.8 Å². The van der Waals surface area contributed by atoms with Gasteiger partial charge >= 0.3 is 0 Å². The molecule has 0 N–H and O–H groups in total. The highest BCUT2D eigenvalue weighted by Crippen LogP contribution is 2.42. The minimum Gasteiger partial charge on any atom is -0.496 e. The fraction of sp³-hybridized carbons (Fsp3) is 0.571. The molecule has 0 radical (unpaired) electrons. The minimum absolute atomic E-state index is 0. The lowest BCUT2D eigenvalue weighted by Crippen LogP contribution is -2.35. The van der Waals surface area contributed by atoms with Crippen LogP contribution in [0.25, 0.3) is 0 Å². The largest absolute Gasteiger partial charge is 0.496 e. The Morgan fingerprint density at radius 3 is 2.88 bits per heavy atom. The van der Waals surface area contributed by atoms with Crippen LogP contribution in [0.3, 0.4) is 0 Å². The van der Waals surface area contributed by atoms with Crippen LogP contribution in [0, 0.1) is 0 Å². The molecule has 1 unspecified atom stereocenters. The molecule has 3 heteroatoms. The molecule has 1 aromatic carbocycles. The molecule has 0 spiro atoms. The summed E-state index contributed by atoms with van der Waals surface area (Å²) >= 11 is 0. The van der Waals surface area contributed by atoms with Gasteiger partial charge in [-0.2, -0.15) is 0 Å². The molecule has 0 bridgehead atoms. The van der Waals surface area contributed by atoms with Crippen LogP contribution in [0.4, 0.5) is 0 Å². The first kappa shape index (κ1) is 12.7. The lowest BCUT2D eigenvalue weighted by atomic mass is 9.80. The number of ether oxygens (including phenoxy) is 1. The topological polar surface area (TPSA) is 12.5 Å². The molecule has 0 amide bonds. The van der Waals surface area contributed by atoms with Crippen molar-refractivity contribution in [3.63, 3.8) is 0 Å². The van der Waals surface area contributed by atoms with Gasteiger partial charge in [0, 0.05) is 18.2 Å². The molecule has 0 saturated heterocycles. The van der Waals surface area contributed by atoms with Gasteiger partial charge in [-0.3, -0.25) is 4.90 Å². The zero-order valence-electron chi connectivity index (χ0n) is 10.5. The van der Waals surface area contributed by atoms with Crippen molar-refractivity contribution in [2.75, 3.05) is 20.7 Å². The Bertz CT molecular complexity index is 419. The third-order valence-electron chi connectivity index (χ3n) is 4.13. The Morgan fingerprint density at radius 2 is 2.12 bits per heavy atom. The number of hydrogen-bond donors (Lipinski definition) is 0. The lowest BCUT2D eigenvalue weighted by Gasteiger charge is -2.39. The summed E-state index contributed by atoms with van der Waals surface area (Å²) in [5.74, 6) is 1.10. The van der Waals surface area contributed by atoms with Gasteiger partial charge in [-0.1, -0.05) is 6.07 Å². The van der Waals surface area contributed by atoms with Crippen LogP contribution in [0.15, 0.2) is 12.1 Å². The molecule has 1 aliphatic carbocycles. The maximum atomic E-state index is 5.50. The minimum atomic E-state index is 0. The highest BCUT2D eigenvalue weighted by molar-refractivity contribution is 5.85. The van der Waals surface area contributed by atoms with Crippen LogP contribution in [0.2, 0.25) is 0 Å². The SMILES string of the molecule is COc1ccc2c3c1CCN(C)C3CCC2.Cl. The van der Waals surface area contributed by atoms with E-state index in [-0.39, 0.29) is 12.4 Å². The summed E-state index contributed by atoms with van der Waals surface area (Å²) in [5, 5.41) is 0. The summed E-state index contributed by atoms with van der Waals surface area (Å²) in [6.07, 6.45) is 5.02. The van der Waals surface area contributed by atoms with E-state index in [1.807, 2.05) is 0 Å². The van der Waals surface area contributed by atoms with Crippen LogP contribution < -0.4 is 4.74 Å². The van der Waals surface area contributed by atoms with E-state index in [1.165, 1.54) is 24.8 Å². The van der Waals surface area contributed by atoms with Crippen molar-refractivity contribution in [1.82, 2.24) is 4.90 Å². The molecule has 1 aromatic rings. The van der Waals surface area contributed by atoms with Crippen molar-refractivity contribution in [2.45, 2.75) is 31.7 Å². The molecule has 94 valence electrons. The second kappa shape index (κ2) is 4.87. The number of rotatable bonds is 1. The summed E-state index contributed by atoms with van der Waals surface area (Å²) in [6, 6.07) is 5.06. The first-order valence-corrected chi connectivity index (χ1v) is 6.20. The monoisotopic (exact) mass is 253 g/mol. The number of halogens is 1. The van der Waals surface area contributed by atoms with Gasteiger partial charge in [-0.15, -0.1) is 12.4 Å². The van der Waals surface area contributed by atoms with Crippen molar-refractivity contribution < 1.29 is 4.74 Å². The van der Waals surface area contributed by atoms with Crippen LogP contribution >= 0.6 is 12.4 Å². The van der Waals surface area contributed by atoms with Crippen LogP contribution in [0.5, 0.6) is 5.75 Å². The van der Waals surface area contributed by atoms with E-state index in [0.29, 0.717) is 6.04 Å². The van der Waals surface area contributed by atoms with Crippen molar-refractivity contribution in [1.29, 1.82) is 0 Å². The lowest BCUT2D eigenvalue weighted by molar-refractivity contribution is 0.205. The quantitative estimate of drug-likeness (QED) is 0.763. The van der Waals surface area contributed by atoms with Gasteiger partial charge in [-0.05, 0) is 49.9 Å². The summed E-state index contributed by atoms with van der Waals surface area (Å²) in [6.45, 7) is 1.16.